The van der Waals surface area contributed by atoms with E-state index < -0.39 is 18.1 Å². The molecule has 1 unspecified atom stereocenters. The van der Waals surface area contributed by atoms with Gasteiger partial charge in [0.05, 0.1) is 0 Å². The van der Waals surface area contributed by atoms with Crippen LogP contribution >= 0.6 is 11.8 Å². The van der Waals surface area contributed by atoms with E-state index in [9.17, 15) is 14.4 Å². The molecule has 0 N–H and O–H groups in total. The van der Waals surface area contributed by atoms with E-state index in [0.717, 1.165) is 17.3 Å². The maximum Gasteiger partial charge on any atom is 0.417 e. The summed E-state index contributed by atoms with van der Waals surface area (Å²) < 4.78 is 5.02. The summed E-state index contributed by atoms with van der Waals surface area (Å²) in [5.74, 6) is -0.365. The summed E-state index contributed by atoms with van der Waals surface area (Å²) in [6.45, 7) is 3.34. The number of imide groups is 1. The van der Waals surface area contributed by atoms with Gasteiger partial charge in [-0.25, -0.2) is 9.69 Å². The van der Waals surface area contributed by atoms with Crippen LogP contribution in [-0.2, 0) is 14.3 Å². The summed E-state index contributed by atoms with van der Waals surface area (Å²) in [5.41, 5.74) is 0.864. The number of ether oxygens (including phenoxy) is 1. The number of rotatable bonds is 4. The molecule has 0 aliphatic carbocycles. The molecule has 1 heterocycles. The number of thioether (sulfide) groups is 1. The average molecular weight is 307 g/mol. The number of carbonyl (C=O) groups excluding carboxylic acids is 3. The van der Waals surface area contributed by atoms with Crippen LogP contribution in [0.25, 0.3) is 0 Å². The second-order valence-electron chi connectivity index (χ2n) is 4.92. The number of nitrogens with zero attached hydrogens (tertiary/aromatic N) is 1. The fourth-order valence-electron chi connectivity index (χ4n) is 2.14. The van der Waals surface area contributed by atoms with Gasteiger partial charge in [-0.2, -0.15) is 0 Å². The number of amides is 2. The predicted molar refractivity (Wildman–Crippen MR) is 79.7 cm³/mol. The molecule has 5 nitrogen and oxygen atoms in total. The third-order valence-electron chi connectivity index (χ3n) is 3.25. The van der Waals surface area contributed by atoms with Crippen LogP contribution in [0.1, 0.15) is 25.5 Å². The van der Waals surface area contributed by atoms with Crippen molar-refractivity contribution in [2.75, 3.05) is 12.4 Å². The Morgan fingerprint density at radius 3 is 2.67 bits per heavy atom. The highest BCUT2D eigenvalue weighted by Crippen LogP contribution is 2.29. The largest absolute Gasteiger partial charge is 0.446 e. The highest BCUT2D eigenvalue weighted by molar-refractivity contribution is 8.13. The number of cyclic esters (lactones) is 1. The first kappa shape index (κ1) is 15.6. The zero-order valence-electron chi connectivity index (χ0n) is 11.9. The van der Waals surface area contributed by atoms with Crippen molar-refractivity contribution in [2.45, 2.75) is 19.9 Å². The van der Waals surface area contributed by atoms with Gasteiger partial charge in [0.1, 0.15) is 12.6 Å². The molecule has 1 aliphatic heterocycles. The van der Waals surface area contributed by atoms with Crippen LogP contribution in [0.5, 0.6) is 0 Å². The lowest BCUT2D eigenvalue weighted by Crippen LogP contribution is -2.38. The van der Waals surface area contributed by atoms with Crippen molar-refractivity contribution in [1.29, 1.82) is 0 Å². The van der Waals surface area contributed by atoms with E-state index in [1.807, 2.05) is 30.3 Å². The lowest BCUT2D eigenvalue weighted by Gasteiger charge is -2.22. The van der Waals surface area contributed by atoms with Crippen molar-refractivity contribution in [3.63, 3.8) is 0 Å². The van der Waals surface area contributed by atoms with Crippen LogP contribution in [-0.4, -0.2) is 34.4 Å². The molecule has 1 saturated heterocycles. The minimum atomic E-state index is -0.617. The Kier molecular flexibility index (Phi) is 5.01. The van der Waals surface area contributed by atoms with Crippen LogP contribution in [0.2, 0.25) is 0 Å². The van der Waals surface area contributed by atoms with Crippen molar-refractivity contribution in [3.05, 3.63) is 35.9 Å². The molecular weight excluding hydrogens is 290 g/mol. The van der Waals surface area contributed by atoms with E-state index in [2.05, 4.69) is 0 Å². The van der Waals surface area contributed by atoms with E-state index >= 15 is 0 Å². The maximum atomic E-state index is 12.5. The van der Waals surface area contributed by atoms with Gasteiger partial charge in [0, 0.05) is 18.6 Å². The van der Waals surface area contributed by atoms with Gasteiger partial charge in [-0.15, -0.1) is 0 Å². The molecule has 2 atom stereocenters. The summed E-state index contributed by atoms with van der Waals surface area (Å²) >= 11 is 1.09. The quantitative estimate of drug-likeness (QED) is 0.855. The summed E-state index contributed by atoms with van der Waals surface area (Å²) in [4.78, 5) is 36.5. The normalized spacial score (nSPS) is 19.2. The van der Waals surface area contributed by atoms with E-state index in [1.54, 1.807) is 6.92 Å². The Balaban J connectivity index is 2.13. The third-order valence-corrected chi connectivity index (χ3v) is 4.33. The van der Waals surface area contributed by atoms with E-state index in [0.29, 0.717) is 5.75 Å². The van der Waals surface area contributed by atoms with Gasteiger partial charge in [0.15, 0.2) is 5.12 Å². The smallest absolute Gasteiger partial charge is 0.417 e. The first-order valence-corrected chi connectivity index (χ1v) is 7.67. The summed E-state index contributed by atoms with van der Waals surface area (Å²) in [5, 5.41) is -0.0433. The molecular formula is C15H17NO4S. The highest BCUT2D eigenvalue weighted by Gasteiger charge is 2.40. The van der Waals surface area contributed by atoms with Crippen molar-refractivity contribution in [3.8, 4) is 0 Å². The zero-order chi connectivity index (χ0) is 15.4. The highest BCUT2D eigenvalue weighted by atomic mass is 32.2. The Hall–Kier alpha value is -1.82. The standard InChI is InChI=1S/C15H17NO4S/c1-10(9-21-11(2)17)14(18)16-13(8-20-15(16)19)12-6-4-3-5-7-12/h3-7,10,13H,8-9H2,1-2H3/t10?,13-/m0/s1. The Bertz CT molecular complexity index is 546. The van der Waals surface area contributed by atoms with E-state index in [4.69, 9.17) is 4.74 Å². The van der Waals surface area contributed by atoms with Gasteiger partial charge < -0.3 is 4.74 Å². The van der Waals surface area contributed by atoms with E-state index in [-0.39, 0.29) is 17.6 Å². The van der Waals surface area contributed by atoms with Gasteiger partial charge >= 0.3 is 6.09 Å². The molecule has 0 saturated carbocycles. The van der Waals surface area contributed by atoms with Gasteiger partial charge in [-0.3, -0.25) is 9.59 Å². The second kappa shape index (κ2) is 6.76. The minimum Gasteiger partial charge on any atom is -0.446 e. The first-order valence-electron chi connectivity index (χ1n) is 6.69. The molecule has 0 spiro atoms. The van der Waals surface area contributed by atoms with Crippen molar-refractivity contribution >= 4 is 28.9 Å². The predicted octanol–water partition coefficient (Wildman–Crippen LogP) is 2.62. The Labute approximate surface area is 127 Å². The molecule has 1 aromatic rings. The summed E-state index contributed by atoms with van der Waals surface area (Å²) in [6.07, 6.45) is -0.617. The van der Waals surface area contributed by atoms with Gasteiger partial charge in [-0.05, 0) is 5.56 Å². The second-order valence-corrected chi connectivity index (χ2v) is 6.11. The third kappa shape index (κ3) is 3.64. The Morgan fingerprint density at radius 2 is 2.05 bits per heavy atom. The SMILES string of the molecule is CC(=O)SCC(C)C(=O)N1C(=O)OC[C@H]1c1ccccc1. The lowest BCUT2D eigenvalue weighted by atomic mass is 10.1. The summed E-state index contributed by atoms with van der Waals surface area (Å²) in [7, 11) is 0. The van der Waals surface area contributed by atoms with Crippen molar-refractivity contribution < 1.29 is 19.1 Å². The lowest BCUT2D eigenvalue weighted by molar-refractivity contribution is -0.132. The molecule has 21 heavy (non-hydrogen) atoms. The molecule has 1 aromatic carbocycles. The molecule has 0 bridgehead atoms. The van der Waals surface area contributed by atoms with Crippen molar-refractivity contribution in [2.24, 2.45) is 5.92 Å². The number of hydrogen-bond donors (Lipinski definition) is 0. The fraction of sp³-hybridized carbons (Fsp3) is 0.400. The fourth-order valence-corrected chi connectivity index (χ4v) is 2.76. The number of benzene rings is 1. The van der Waals surface area contributed by atoms with Gasteiger partial charge in [0.2, 0.25) is 5.91 Å². The van der Waals surface area contributed by atoms with Crippen LogP contribution < -0.4 is 0 Å². The Morgan fingerprint density at radius 1 is 1.38 bits per heavy atom. The van der Waals surface area contributed by atoms with Crippen LogP contribution in [0.15, 0.2) is 30.3 Å². The number of carbonyl (C=O) groups is 3. The summed E-state index contributed by atoms with van der Waals surface area (Å²) in [6, 6.07) is 8.92. The maximum absolute atomic E-state index is 12.5. The van der Waals surface area contributed by atoms with Gasteiger partial charge in [-0.1, -0.05) is 49.0 Å². The van der Waals surface area contributed by atoms with Crippen LogP contribution in [0, 0.1) is 5.92 Å². The molecule has 2 amide bonds. The molecule has 0 radical (unpaired) electrons. The molecule has 0 aromatic heterocycles. The molecule has 1 aliphatic rings. The molecule has 112 valence electrons. The molecule has 2 rings (SSSR count). The first-order chi connectivity index (χ1) is 10.0. The number of hydrogen-bond acceptors (Lipinski definition) is 5. The van der Waals surface area contributed by atoms with Crippen LogP contribution in [0.3, 0.4) is 0 Å². The van der Waals surface area contributed by atoms with E-state index in [1.165, 1.54) is 11.8 Å². The van der Waals surface area contributed by atoms with Crippen molar-refractivity contribution in [1.82, 2.24) is 4.90 Å². The topological polar surface area (TPSA) is 63.7 Å². The van der Waals surface area contributed by atoms with Gasteiger partial charge in [0.25, 0.3) is 0 Å². The minimum absolute atomic E-state index is 0.0433. The average Bonchev–Trinajstić information content (AvgIpc) is 2.86. The van der Waals surface area contributed by atoms with Crippen LogP contribution in [0.4, 0.5) is 4.79 Å². The molecule has 1 fully saturated rings. The monoisotopic (exact) mass is 307 g/mol. The zero-order valence-corrected chi connectivity index (χ0v) is 12.8. The molecule has 6 heteroatoms.